The SMILES string of the molecule is CCNCC(C)(CC)CN(C)C(C)c1ccccc1Cl. The van der Waals surface area contributed by atoms with E-state index in [-0.39, 0.29) is 0 Å². The highest BCUT2D eigenvalue weighted by Gasteiger charge is 2.26. The Morgan fingerprint density at radius 1 is 1.30 bits per heavy atom. The first-order valence-corrected chi connectivity index (χ1v) is 7.96. The molecule has 2 nitrogen and oxygen atoms in total. The Hall–Kier alpha value is -0.570. The smallest absolute Gasteiger partial charge is 0.0453 e. The number of nitrogens with one attached hydrogen (secondary N) is 1. The lowest BCUT2D eigenvalue weighted by molar-refractivity contribution is 0.148. The average molecular weight is 297 g/mol. The van der Waals surface area contributed by atoms with Crippen LogP contribution >= 0.6 is 11.6 Å². The standard InChI is InChI=1S/C17H29ClN2/c1-6-17(4,12-19-7-2)13-20(5)14(3)15-10-8-9-11-16(15)18/h8-11,14,19H,6-7,12-13H2,1-5H3. The highest BCUT2D eigenvalue weighted by Crippen LogP contribution is 2.30. The summed E-state index contributed by atoms with van der Waals surface area (Å²) >= 11 is 6.31. The number of benzene rings is 1. The van der Waals surface area contributed by atoms with E-state index in [1.165, 1.54) is 12.0 Å². The molecule has 1 aromatic carbocycles. The minimum atomic E-state index is 0.292. The van der Waals surface area contributed by atoms with E-state index in [0.29, 0.717) is 11.5 Å². The van der Waals surface area contributed by atoms with Crippen molar-refractivity contribution >= 4 is 11.6 Å². The predicted octanol–water partition coefficient (Wildman–Crippen LogP) is 4.36. The average Bonchev–Trinajstić information content (AvgIpc) is 2.45. The summed E-state index contributed by atoms with van der Waals surface area (Å²) < 4.78 is 0. The van der Waals surface area contributed by atoms with Crippen molar-refractivity contribution in [1.29, 1.82) is 0 Å². The third kappa shape index (κ3) is 4.76. The van der Waals surface area contributed by atoms with Gasteiger partial charge in [-0.1, -0.05) is 50.6 Å². The van der Waals surface area contributed by atoms with Gasteiger partial charge < -0.3 is 5.32 Å². The third-order valence-corrected chi connectivity index (χ3v) is 4.65. The van der Waals surface area contributed by atoms with Crippen LogP contribution in [0.25, 0.3) is 0 Å². The van der Waals surface area contributed by atoms with Gasteiger partial charge in [-0.3, -0.25) is 4.90 Å². The molecule has 1 rings (SSSR count). The van der Waals surface area contributed by atoms with Gasteiger partial charge in [0.15, 0.2) is 0 Å². The molecular formula is C17H29ClN2. The Balaban J connectivity index is 2.74. The molecule has 1 N–H and O–H groups in total. The molecule has 0 saturated carbocycles. The molecule has 2 atom stereocenters. The second kappa shape index (κ2) is 8.02. The van der Waals surface area contributed by atoms with Crippen LogP contribution in [0.2, 0.25) is 5.02 Å². The predicted molar refractivity (Wildman–Crippen MR) is 89.4 cm³/mol. The van der Waals surface area contributed by atoms with Gasteiger partial charge in [-0.2, -0.15) is 0 Å². The van der Waals surface area contributed by atoms with Crippen LogP contribution in [0.15, 0.2) is 24.3 Å². The van der Waals surface area contributed by atoms with Crippen LogP contribution in [-0.2, 0) is 0 Å². The molecule has 3 heteroatoms. The first-order valence-electron chi connectivity index (χ1n) is 7.59. The summed E-state index contributed by atoms with van der Waals surface area (Å²) in [5.41, 5.74) is 1.50. The molecule has 0 saturated heterocycles. The van der Waals surface area contributed by atoms with Gasteiger partial charge in [-0.25, -0.2) is 0 Å². The minimum Gasteiger partial charge on any atom is -0.316 e. The zero-order valence-electron chi connectivity index (χ0n) is 13.5. The van der Waals surface area contributed by atoms with Gasteiger partial charge in [-0.05, 0) is 44.0 Å². The van der Waals surface area contributed by atoms with E-state index in [1.807, 2.05) is 12.1 Å². The van der Waals surface area contributed by atoms with Crippen LogP contribution in [0.5, 0.6) is 0 Å². The van der Waals surface area contributed by atoms with Gasteiger partial charge in [0.25, 0.3) is 0 Å². The van der Waals surface area contributed by atoms with Crippen molar-refractivity contribution in [2.24, 2.45) is 5.41 Å². The zero-order valence-corrected chi connectivity index (χ0v) is 14.3. The fourth-order valence-corrected chi connectivity index (χ4v) is 2.80. The van der Waals surface area contributed by atoms with Gasteiger partial charge in [0.05, 0.1) is 0 Å². The first kappa shape index (κ1) is 17.5. The number of hydrogen-bond acceptors (Lipinski definition) is 2. The third-order valence-electron chi connectivity index (χ3n) is 4.30. The number of nitrogens with zero attached hydrogens (tertiary/aromatic N) is 1. The highest BCUT2D eigenvalue weighted by atomic mass is 35.5. The molecule has 0 aromatic heterocycles. The molecule has 0 heterocycles. The molecular weight excluding hydrogens is 268 g/mol. The molecule has 20 heavy (non-hydrogen) atoms. The number of halogens is 1. The first-order chi connectivity index (χ1) is 9.43. The lowest BCUT2D eigenvalue weighted by atomic mass is 9.86. The van der Waals surface area contributed by atoms with E-state index < -0.39 is 0 Å². The summed E-state index contributed by atoms with van der Waals surface area (Å²) in [6, 6.07) is 8.47. The fraction of sp³-hybridized carbons (Fsp3) is 0.647. The number of rotatable bonds is 8. The number of hydrogen-bond donors (Lipinski definition) is 1. The molecule has 0 amide bonds. The molecule has 0 bridgehead atoms. The van der Waals surface area contributed by atoms with Crippen LogP contribution in [0.1, 0.15) is 45.7 Å². The fourth-order valence-electron chi connectivity index (χ4n) is 2.51. The Kier molecular flexibility index (Phi) is 7.01. The summed E-state index contributed by atoms with van der Waals surface area (Å²) in [5, 5.41) is 4.34. The Labute approximate surface area is 129 Å². The van der Waals surface area contributed by atoms with Crippen LogP contribution in [0.4, 0.5) is 0 Å². The summed E-state index contributed by atoms with van der Waals surface area (Å²) in [7, 11) is 2.19. The molecule has 0 fully saturated rings. The lowest BCUT2D eigenvalue weighted by Crippen LogP contribution is -2.41. The van der Waals surface area contributed by atoms with Gasteiger partial charge in [-0.15, -0.1) is 0 Å². The van der Waals surface area contributed by atoms with Crippen molar-refractivity contribution in [3.63, 3.8) is 0 Å². The topological polar surface area (TPSA) is 15.3 Å². The van der Waals surface area contributed by atoms with E-state index in [0.717, 1.165) is 24.7 Å². The van der Waals surface area contributed by atoms with Crippen molar-refractivity contribution in [3.05, 3.63) is 34.9 Å². The summed E-state index contributed by atoms with van der Waals surface area (Å²) in [5.74, 6) is 0. The molecule has 1 aromatic rings. The second-order valence-electron chi connectivity index (χ2n) is 6.06. The Bertz CT molecular complexity index is 408. The largest absolute Gasteiger partial charge is 0.316 e. The summed E-state index contributed by atoms with van der Waals surface area (Å²) in [6.07, 6.45) is 1.17. The van der Waals surface area contributed by atoms with Crippen LogP contribution in [0, 0.1) is 5.41 Å². The van der Waals surface area contributed by atoms with E-state index >= 15 is 0 Å². The molecule has 114 valence electrons. The maximum Gasteiger partial charge on any atom is 0.0453 e. The monoisotopic (exact) mass is 296 g/mol. The zero-order chi connectivity index (χ0) is 15.2. The molecule has 0 radical (unpaired) electrons. The second-order valence-corrected chi connectivity index (χ2v) is 6.46. The highest BCUT2D eigenvalue weighted by molar-refractivity contribution is 6.31. The van der Waals surface area contributed by atoms with Gasteiger partial charge in [0.1, 0.15) is 0 Å². The van der Waals surface area contributed by atoms with E-state index in [1.54, 1.807) is 0 Å². The normalized spacial score (nSPS) is 16.1. The molecule has 0 aliphatic carbocycles. The quantitative estimate of drug-likeness (QED) is 0.767. The van der Waals surface area contributed by atoms with Crippen molar-refractivity contribution < 1.29 is 0 Å². The van der Waals surface area contributed by atoms with Crippen molar-refractivity contribution in [2.75, 3.05) is 26.7 Å². The van der Waals surface area contributed by atoms with Crippen LogP contribution < -0.4 is 5.32 Å². The maximum absolute atomic E-state index is 6.31. The van der Waals surface area contributed by atoms with Gasteiger partial charge >= 0.3 is 0 Å². The van der Waals surface area contributed by atoms with Crippen molar-refractivity contribution in [1.82, 2.24) is 10.2 Å². The minimum absolute atomic E-state index is 0.292. The summed E-state index contributed by atoms with van der Waals surface area (Å²) in [6.45, 7) is 12.1. The van der Waals surface area contributed by atoms with Crippen LogP contribution in [-0.4, -0.2) is 31.6 Å². The van der Waals surface area contributed by atoms with Gasteiger partial charge in [0.2, 0.25) is 0 Å². The van der Waals surface area contributed by atoms with E-state index in [4.69, 9.17) is 11.6 Å². The molecule has 0 aliphatic heterocycles. The molecule has 2 unspecified atom stereocenters. The maximum atomic E-state index is 6.31. The van der Waals surface area contributed by atoms with Crippen molar-refractivity contribution in [3.8, 4) is 0 Å². The van der Waals surface area contributed by atoms with E-state index in [2.05, 4.69) is 57.1 Å². The Morgan fingerprint density at radius 3 is 2.50 bits per heavy atom. The summed E-state index contributed by atoms with van der Waals surface area (Å²) in [4.78, 5) is 2.40. The van der Waals surface area contributed by atoms with E-state index in [9.17, 15) is 0 Å². The molecule has 0 aliphatic rings. The van der Waals surface area contributed by atoms with Crippen LogP contribution in [0.3, 0.4) is 0 Å². The lowest BCUT2D eigenvalue weighted by Gasteiger charge is -2.36. The molecule has 0 spiro atoms. The van der Waals surface area contributed by atoms with Crippen molar-refractivity contribution in [2.45, 2.75) is 40.2 Å². The van der Waals surface area contributed by atoms with Gasteiger partial charge in [0, 0.05) is 24.2 Å². The Morgan fingerprint density at radius 2 is 1.95 bits per heavy atom.